The van der Waals surface area contributed by atoms with E-state index in [1.54, 1.807) is 22.2 Å². The Morgan fingerprint density at radius 1 is 1.33 bits per heavy atom. The van der Waals surface area contributed by atoms with E-state index in [9.17, 15) is 4.79 Å². The van der Waals surface area contributed by atoms with Gasteiger partial charge in [-0.25, -0.2) is 4.68 Å². The van der Waals surface area contributed by atoms with Crippen molar-refractivity contribution in [1.82, 2.24) is 19.7 Å². The molecule has 0 aliphatic heterocycles. The number of hydrogen-bond donors (Lipinski definition) is 2. The minimum absolute atomic E-state index is 0.0570. The summed E-state index contributed by atoms with van der Waals surface area (Å²) < 4.78 is 1.79. The third kappa shape index (κ3) is 2.96. The smallest absolute Gasteiger partial charge is 0.263 e. The molecule has 2 N–H and O–H groups in total. The van der Waals surface area contributed by atoms with Gasteiger partial charge in [-0.2, -0.15) is 10.1 Å². The van der Waals surface area contributed by atoms with Crippen molar-refractivity contribution in [1.29, 1.82) is 0 Å². The number of hydrogen-bond acceptors (Lipinski definition) is 5. The second-order valence-corrected chi connectivity index (χ2v) is 8.57. The number of H-pyrrole nitrogens is 1. The molecule has 1 atom stereocenters. The Morgan fingerprint density at radius 2 is 2.04 bits per heavy atom. The lowest BCUT2D eigenvalue weighted by Gasteiger charge is -2.20. The van der Waals surface area contributed by atoms with Crippen LogP contribution in [0.25, 0.3) is 11.0 Å². The molecule has 3 rings (SSSR count). The summed E-state index contributed by atoms with van der Waals surface area (Å²) in [6.07, 6.45) is 1.58. The molecule has 3 heterocycles. The van der Waals surface area contributed by atoms with Gasteiger partial charge in [0, 0.05) is 9.75 Å². The quantitative estimate of drug-likeness (QED) is 0.758. The summed E-state index contributed by atoms with van der Waals surface area (Å²) in [5.41, 5.74) is 1.40. The van der Waals surface area contributed by atoms with Crippen molar-refractivity contribution in [3.63, 3.8) is 0 Å². The van der Waals surface area contributed by atoms with Crippen LogP contribution in [0, 0.1) is 13.8 Å². The molecule has 0 radical (unpaired) electrons. The van der Waals surface area contributed by atoms with Crippen molar-refractivity contribution in [2.24, 2.45) is 0 Å². The molecule has 24 heavy (non-hydrogen) atoms. The first-order valence-corrected chi connectivity index (χ1v) is 8.80. The predicted octanol–water partition coefficient (Wildman–Crippen LogP) is 3.73. The van der Waals surface area contributed by atoms with Gasteiger partial charge in [-0.15, -0.1) is 11.3 Å². The topological polar surface area (TPSA) is 75.6 Å². The van der Waals surface area contributed by atoms with Crippen molar-refractivity contribution in [3.8, 4) is 0 Å². The maximum Gasteiger partial charge on any atom is 0.263 e. The maximum absolute atomic E-state index is 12.3. The van der Waals surface area contributed by atoms with E-state index in [-0.39, 0.29) is 17.1 Å². The highest BCUT2D eigenvalue weighted by Crippen LogP contribution is 2.28. The number of rotatable bonds is 3. The number of anilines is 1. The summed E-state index contributed by atoms with van der Waals surface area (Å²) in [4.78, 5) is 22.3. The third-order valence-corrected chi connectivity index (χ3v) is 4.95. The predicted molar refractivity (Wildman–Crippen MR) is 99.0 cm³/mol. The summed E-state index contributed by atoms with van der Waals surface area (Å²) in [6.45, 7) is 12.4. The average Bonchev–Trinajstić information content (AvgIpc) is 3.01. The lowest BCUT2D eigenvalue weighted by Crippen LogP contribution is -2.24. The van der Waals surface area contributed by atoms with E-state index >= 15 is 0 Å². The second-order valence-electron chi connectivity index (χ2n) is 7.11. The Labute approximate surface area is 144 Å². The summed E-state index contributed by atoms with van der Waals surface area (Å²) in [5, 5.41) is 8.15. The zero-order valence-corrected chi connectivity index (χ0v) is 15.7. The Morgan fingerprint density at radius 3 is 2.62 bits per heavy atom. The molecule has 128 valence electrons. The summed E-state index contributed by atoms with van der Waals surface area (Å²) in [7, 11) is 0. The fourth-order valence-corrected chi connectivity index (χ4v) is 3.86. The lowest BCUT2D eigenvalue weighted by molar-refractivity contribution is 0.366. The Balaban J connectivity index is 2.01. The molecule has 3 aromatic heterocycles. The van der Waals surface area contributed by atoms with Crippen molar-refractivity contribution in [2.45, 2.75) is 53.1 Å². The zero-order valence-electron chi connectivity index (χ0n) is 14.9. The van der Waals surface area contributed by atoms with Gasteiger partial charge in [0.15, 0.2) is 5.65 Å². The van der Waals surface area contributed by atoms with Crippen LogP contribution in [-0.2, 0) is 5.54 Å². The molecule has 0 fully saturated rings. The van der Waals surface area contributed by atoms with Gasteiger partial charge in [0.2, 0.25) is 5.95 Å². The van der Waals surface area contributed by atoms with E-state index in [0.29, 0.717) is 17.0 Å². The highest BCUT2D eigenvalue weighted by atomic mass is 32.1. The van der Waals surface area contributed by atoms with Crippen molar-refractivity contribution in [2.75, 3.05) is 5.32 Å². The number of aromatic amines is 1. The van der Waals surface area contributed by atoms with Gasteiger partial charge in [0.25, 0.3) is 5.56 Å². The molecular formula is C17H23N5OS. The molecule has 0 saturated heterocycles. The number of nitrogens with one attached hydrogen (secondary N) is 2. The zero-order chi connectivity index (χ0) is 17.6. The highest BCUT2D eigenvalue weighted by Gasteiger charge is 2.20. The summed E-state index contributed by atoms with van der Waals surface area (Å²) >= 11 is 1.77. The third-order valence-electron chi connectivity index (χ3n) is 3.97. The number of nitrogens with zero attached hydrogens (tertiary/aromatic N) is 3. The first-order chi connectivity index (χ1) is 11.2. The average molecular weight is 345 g/mol. The van der Waals surface area contributed by atoms with Gasteiger partial charge in [-0.05, 0) is 53.2 Å². The van der Waals surface area contributed by atoms with Gasteiger partial charge in [-0.1, -0.05) is 0 Å². The van der Waals surface area contributed by atoms with E-state index in [0.717, 1.165) is 0 Å². The molecule has 3 aromatic rings. The molecule has 0 saturated carbocycles. The van der Waals surface area contributed by atoms with Gasteiger partial charge >= 0.3 is 0 Å². The van der Waals surface area contributed by atoms with Crippen LogP contribution in [0.4, 0.5) is 5.95 Å². The van der Waals surface area contributed by atoms with Gasteiger partial charge < -0.3 is 5.32 Å². The van der Waals surface area contributed by atoms with Gasteiger partial charge in [0.1, 0.15) is 5.39 Å². The molecule has 0 bridgehead atoms. The number of aromatic nitrogens is 4. The molecule has 7 heteroatoms. The van der Waals surface area contributed by atoms with Crippen LogP contribution >= 0.6 is 11.3 Å². The highest BCUT2D eigenvalue weighted by molar-refractivity contribution is 7.12. The Kier molecular flexibility index (Phi) is 3.99. The van der Waals surface area contributed by atoms with E-state index in [1.807, 2.05) is 20.8 Å². The number of aryl methyl sites for hydroxylation is 2. The van der Waals surface area contributed by atoms with Crippen molar-refractivity contribution in [3.05, 3.63) is 37.9 Å². The second kappa shape index (κ2) is 5.73. The molecule has 1 unspecified atom stereocenters. The molecule has 0 spiro atoms. The molecule has 0 aromatic carbocycles. The Bertz CT molecular complexity index is 944. The lowest BCUT2D eigenvalue weighted by atomic mass is 10.1. The van der Waals surface area contributed by atoms with Crippen LogP contribution in [0.15, 0.2) is 17.1 Å². The monoisotopic (exact) mass is 345 g/mol. The standard InChI is InChI=1S/C17H23N5OS/c1-9-7-12(11(3)24-9)10(2)19-16-20-14-13(15(23)21-16)8-18-22(14)17(4,5)6/h7-8,10H,1-6H3,(H2,19,20,21,23). The number of fused-ring (bicyclic) bond motifs is 1. The van der Waals surface area contributed by atoms with E-state index < -0.39 is 0 Å². The summed E-state index contributed by atoms with van der Waals surface area (Å²) in [6, 6.07) is 2.23. The number of thiophene rings is 1. The molecule has 0 aliphatic carbocycles. The molecule has 0 aliphatic rings. The van der Waals surface area contributed by atoms with Gasteiger partial charge in [-0.3, -0.25) is 9.78 Å². The van der Waals surface area contributed by atoms with E-state index in [1.165, 1.54) is 15.3 Å². The van der Waals surface area contributed by atoms with Crippen LogP contribution in [-0.4, -0.2) is 19.7 Å². The fraction of sp³-hybridized carbons (Fsp3) is 0.471. The molecular weight excluding hydrogens is 322 g/mol. The van der Waals surface area contributed by atoms with Crippen LogP contribution in [0.2, 0.25) is 0 Å². The van der Waals surface area contributed by atoms with E-state index in [2.05, 4.69) is 47.2 Å². The van der Waals surface area contributed by atoms with Crippen LogP contribution in [0.5, 0.6) is 0 Å². The minimum atomic E-state index is -0.244. The normalized spacial score (nSPS) is 13.4. The van der Waals surface area contributed by atoms with Crippen LogP contribution < -0.4 is 10.9 Å². The SMILES string of the molecule is Cc1cc(C(C)Nc2nc3c(cnn3C(C)(C)C)c(=O)[nH]2)c(C)s1. The van der Waals surface area contributed by atoms with Gasteiger partial charge in [0.05, 0.1) is 17.8 Å². The first-order valence-electron chi connectivity index (χ1n) is 7.99. The largest absolute Gasteiger partial charge is 0.349 e. The fourth-order valence-electron chi connectivity index (χ4n) is 2.84. The summed E-state index contributed by atoms with van der Waals surface area (Å²) in [5.74, 6) is 0.467. The van der Waals surface area contributed by atoms with E-state index in [4.69, 9.17) is 0 Å². The minimum Gasteiger partial charge on any atom is -0.349 e. The molecule has 0 amide bonds. The Hall–Kier alpha value is -2.15. The first kappa shape index (κ1) is 16.7. The van der Waals surface area contributed by atoms with Crippen molar-refractivity contribution < 1.29 is 0 Å². The van der Waals surface area contributed by atoms with Crippen LogP contribution in [0.1, 0.15) is 49.1 Å². The maximum atomic E-state index is 12.3. The van der Waals surface area contributed by atoms with Crippen molar-refractivity contribution >= 4 is 28.3 Å². The molecule has 6 nitrogen and oxygen atoms in total. The van der Waals surface area contributed by atoms with Crippen LogP contribution in [0.3, 0.4) is 0 Å².